The minimum absolute atomic E-state index is 0.186. The number of phosphoric acid groups is 1. The third kappa shape index (κ3) is 36.8. The highest BCUT2D eigenvalue weighted by atomic mass is 31.2. The van der Waals surface area contributed by atoms with E-state index in [1.54, 1.807) is 0 Å². The molecule has 0 saturated carbocycles. The zero-order chi connectivity index (χ0) is 37.7. The molecule has 0 aromatic carbocycles. The molecule has 0 aromatic rings. The van der Waals surface area contributed by atoms with Crippen LogP contribution in [0.3, 0.4) is 0 Å². The first-order valence-electron chi connectivity index (χ1n) is 20.6. The van der Waals surface area contributed by atoms with Crippen molar-refractivity contribution in [1.29, 1.82) is 0 Å². The average molecular weight is 749 g/mol. The third-order valence-corrected chi connectivity index (χ3v) is 9.87. The van der Waals surface area contributed by atoms with Gasteiger partial charge < -0.3 is 24.6 Å². The second-order valence-electron chi connectivity index (χ2n) is 14.0. The SMILES string of the molecule is CCCCCCCCCC/C=C\CCCCCCCCCCCC(=O)OC(COC(=O)CCCCCCCCC)COP(=O)(O)OCC(O)CO. The van der Waals surface area contributed by atoms with E-state index in [9.17, 15) is 24.2 Å². The smallest absolute Gasteiger partial charge is 0.462 e. The number of unbranched alkanes of at least 4 members (excludes halogenated alkanes) is 23. The second-order valence-corrected chi connectivity index (χ2v) is 15.5. The van der Waals surface area contributed by atoms with Gasteiger partial charge in [-0.2, -0.15) is 0 Å². The minimum atomic E-state index is -4.60. The lowest BCUT2D eigenvalue weighted by Crippen LogP contribution is -2.29. The van der Waals surface area contributed by atoms with Gasteiger partial charge in [-0.3, -0.25) is 18.6 Å². The quantitative estimate of drug-likeness (QED) is 0.0240. The summed E-state index contributed by atoms with van der Waals surface area (Å²) >= 11 is 0. The molecule has 0 bridgehead atoms. The Kier molecular flexibility index (Phi) is 36.1. The first-order chi connectivity index (χ1) is 24.7. The number of hydrogen-bond donors (Lipinski definition) is 3. The summed E-state index contributed by atoms with van der Waals surface area (Å²) in [5.41, 5.74) is 0. The molecule has 0 amide bonds. The number of carbonyl (C=O) groups excluding carboxylic acids is 2. The average Bonchev–Trinajstić information content (AvgIpc) is 3.12. The number of allylic oxidation sites excluding steroid dienone is 2. The van der Waals surface area contributed by atoms with Crippen LogP contribution in [0.2, 0.25) is 0 Å². The van der Waals surface area contributed by atoms with Crippen LogP contribution < -0.4 is 0 Å². The van der Waals surface area contributed by atoms with Gasteiger partial charge in [-0.1, -0.05) is 154 Å². The molecular formula is C40H77O10P. The lowest BCUT2D eigenvalue weighted by atomic mass is 10.1. The van der Waals surface area contributed by atoms with Crippen molar-refractivity contribution >= 4 is 19.8 Å². The molecule has 0 rings (SSSR count). The molecule has 302 valence electrons. The van der Waals surface area contributed by atoms with Gasteiger partial charge in [0.05, 0.1) is 19.8 Å². The molecule has 3 unspecified atom stereocenters. The van der Waals surface area contributed by atoms with Crippen LogP contribution >= 0.6 is 7.82 Å². The molecule has 0 heterocycles. The van der Waals surface area contributed by atoms with E-state index in [1.807, 2.05) is 0 Å². The summed E-state index contributed by atoms with van der Waals surface area (Å²) < 4.78 is 32.5. The van der Waals surface area contributed by atoms with Crippen molar-refractivity contribution in [2.45, 2.75) is 206 Å². The first kappa shape index (κ1) is 49.7. The van der Waals surface area contributed by atoms with Crippen LogP contribution in [0.1, 0.15) is 194 Å². The van der Waals surface area contributed by atoms with Gasteiger partial charge in [0.25, 0.3) is 0 Å². The van der Waals surface area contributed by atoms with Crippen molar-refractivity contribution < 1.29 is 47.8 Å². The van der Waals surface area contributed by atoms with Gasteiger partial charge in [0, 0.05) is 12.8 Å². The van der Waals surface area contributed by atoms with Crippen LogP contribution in [0.5, 0.6) is 0 Å². The van der Waals surface area contributed by atoms with Crippen LogP contribution in [0.25, 0.3) is 0 Å². The molecule has 0 aliphatic heterocycles. The largest absolute Gasteiger partial charge is 0.472 e. The number of aliphatic hydroxyl groups excluding tert-OH is 2. The maximum atomic E-state index is 12.5. The van der Waals surface area contributed by atoms with E-state index in [1.165, 1.54) is 116 Å². The predicted octanol–water partition coefficient (Wildman–Crippen LogP) is 10.4. The number of phosphoric ester groups is 1. The molecule has 3 N–H and O–H groups in total. The Labute approximate surface area is 311 Å². The van der Waals surface area contributed by atoms with Crippen molar-refractivity contribution in [3.8, 4) is 0 Å². The number of carbonyl (C=O) groups is 2. The van der Waals surface area contributed by atoms with E-state index in [0.29, 0.717) is 12.8 Å². The fraction of sp³-hybridized carbons (Fsp3) is 0.900. The lowest BCUT2D eigenvalue weighted by molar-refractivity contribution is -0.161. The zero-order valence-electron chi connectivity index (χ0n) is 32.6. The Hall–Kier alpha value is -1.29. The van der Waals surface area contributed by atoms with Crippen molar-refractivity contribution in [3.05, 3.63) is 12.2 Å². The summed E-state index contributed by atoms with van der Waals surface area (Å²) in [6, 6.07) is 0. The molecule has 51 heavy (non-hydrogen) atoms. The van der Waals surface area contributed by atoms with E-state index in [2.05, 4.69) is 30.5 Å². The van der Waals surface area contributed by atoms with E-state index in [4.69, 9.17) is 19.1 Å². The van der Waals surface area contributed by atoms with Gasteiger partial charge in [0.1, 0.15) is 12.7 Å². The maximum absolute atomic E-state index is 12.5. The third-order valence-electron chi connectivity index (χ3n) is 8.92. The number of hydrogen-bond acceptors (Lipinski definition) is 9. The number of ether oxygens (including phenoxy) is 2. The fourth-order valence-electron chi connectivity index (χ4n) is 5.69. The van der Waals surface area contributed by atoms with Gasteiger partial charge in [-0.05, 0) is 38.5 Å². The molecule has 0 saturated heterocycles. The van der Waals surface area contributed by atoms with Crippen molar-refractivity contribution in [2.24, 2.45) is 0 Å². The molecule has 0 aliphatic carbocycles. The summed E-state index contributed by atoms with van der Waals surface area (Å²) in [6.45, 7) is 2.33. The van der Waals surface area contributed by atoms with Crippen molar-refractivity contribution in [1.82, 2.24) is 0 Å². The number of rotatable bonds is 39. The molecule has 11 heteroatoms. The van der Waals surface area contributed by atoms with Gasteiger partial charge in [-0.15, -0.1) is 0 Å². The fourth-order valence-corrected chi connectivity index (χ4v) is 6.48. The summed E-state index contributed by atoms with van der Waals surface area (Å²) in [4.78, 5) is 34.7. The molecule has 0 aliphatic rings. The molecule has 0 fully saturated rings. The van der Waals surface area contributed by atoms with Crippen LogP contribution in [0, 0.1) is 0 Å². The molecule has 0 spiro atoms. The summed E-state index contributed by atoms with van der Waals surface area (Å²) in [5, 5.41) is 18.3. The zero-order valence-corrected chi connectivity index (χ0v) is 33.5. The highest BCUT2D eigenvalue weighted by Crippen LogP contribution is 2.43. The summed E-state index contributed by atoms with van der Waals surface area (Å²) in [5.74, 6) is -0.928. The molecule has 0 radical (unpaired) electrons. The van der Waals surface area contributed by atoms with Crippen LogP contribution in [-0.4, -0.2) is 65.7 Å². The highest BCUT2D eigenvalue weighted by molar-refractivity contribution is 7.47. The van der Waals surface area contributed by atoms with E-state index in [0.717, 1.165) is 38.5 Å². The second kappa shape index (κ2) is 37.0. The Bertz CT molecular complexity index is 868. The van der Waals surface area contributed by atoms with Crippen molar-refractivity contribution in [2.75, 3.05) is 26.4 Å². The molecule has 3 atom stereocenters. The Morgan fingerprint density at radius 3 is 1.41 bits per heavy atom. The van der Waals surface area contributed by atoms with Gasteiger partial charge in [0.2, 0.25) is 0 Å². The van der Waals surface area contributed by atoms with Gasteiger partial charge in [-0.25, -0.2) is 4.57 Å². The van der Waals surface area contributed by atoms with E-state index < -0.39 is 51.8 Å². The van der Waals surface area contributed by atoms with Gasteiger partial charge >= 0.3 is 19.8 Å². The van der Waals surface area contributed by atoms with E-state index in [-0.39, 0.29) is 19.4 Å². The lowest BCUT2D eigenvalue weighted by Gasteiger charge is -2.20. The monoisotopic (exact) mass is 749 g/mol. The summed E-state index contributed by atoms with van der Waals surface area (Å²) in [6.07, 6.45) is 33.5. The Balaban J connectivity index is 4.15. The minimum Gasteiger partial charge on any atom is -0.462 e. The van der Waals surface area contributed by atoms with Crippen LogP contribution in [0.15, 0.2) is 12.2 Å². The van der Waals surface area contributed by atoms with Crippen molar-refractivity contribution in [3.63, 3.8) is 0 Å². The van der Waals surface area contributed by atoms with Gasteiger partial charge in [0.15, 0.2) is 6.10 Å². The van der Waals surface area contributed by atoms with Crippen LogP contribution in [-0.2, 0) is 32.7 Å². The standard InChI is InChI=1S/C40H77O10P/c1-3-5-7-9-11-12-13-14-15-16-17-18-19-20-21-22-23-24-26-28-30-32-40(44)50-38(36-49-51(45,46)48-34-37(42)33-41)35-47-39(43)31-29-27-25-10-8-6-4-2/h16-17,37-38,41-42H,3-15,18-36H2,1-2H3,(H,45,46)/b17-16-. The Morgan fingerprint density at radius 1 is 0.569 bits per heavy atom. The topological polar surface area (TPSA) is 149 Å². The Morgan fingerprint density at radius 2 is 0.961 bits per heavy atom. The van der Waals surface area contributed by atoms with E-state index >= 15 is 0 Å². The predicted molar refractivity (Wildman–Crippen MR) is 205 cm³/mol. The van der Waals surface area contributed by atoms with Crippen LogP contribution in [0.4, 0.5) is 0 Å². The molecular weight excluding hydrogens is 671 g/mol. The molecule has 10 nitrogen and oxygen atoms in total. The summed E-state index contributed by atoms with van der Waals surface area (Å²) in [7, 11) is -4.60. The molecule has 0 aromatic heterocycles. The maximum Gasteiger partial charge on any atom is 0.472 e. The number of esters is 2. The first-order valence-corrected chi connectivity index (χ1v) is 22.1. The highest BCUT2D eigenvalue weighted by Gasteiger charge is 2.27. The number of aliphatic hydroxyl groups is 2. The normalized spacial score (nSPS) is 14.1.